The summed E-state index contributed by atoms with van der Waals surface area (Å²) in [6, 6.07) is 1.88. The van der Waals surface area contributed by atoms with E-state index < -0.39 is 10.0 Å². The summed E-state index contributed by atoms with van der Waals surface area (Å²) in [5.41, 5.74) is 1.85. The van der Waals surface area contributed by atoms with E-state index in [9.17, 15) is 8.42 Å². The van der Waals surface area contributed by atoms with Crippen LogP contribution in [0.1, 0.15) is 25.0 Å². The van der Waals surface area contributed by atoms with Crippen molar-refractivity contribution in [2.45, 2.75) is 38.4 Å². The molecule has 0 spiro atoms. The average Bonchev–Trinajstić information content (AvgIpc) is 2.88. The highest BCUT2D eigenvalue weighted by Crippen LogP contribution is 2.19. The van der Waals surface area contributed by atoms with E-state index in [0.717, 1.165) is 5.56 Å². The Morgan fingerprint density at radius 2 is 2.10 bits per heavy atom. The van der Waals surface area contributed by atoms with E-state index in [1.165, 1.54) is 6.20 Å². The summed E-state index contributed by atoms with van der Waals surface area (Å²) in [6.07, 6.45) is 4.66. The maximum absolute atomic E-state index is 12.4. The Kier molecular flexibility index (Phi) is 4.59. The fourth-order valence-corrected chi connectivity index (χ4v) is 3.02. The van der Waals surface area contributed by atoms with E-state index in [-0.39, 0.29) is 11.1 Å². The minimum absolute atomic E-state index is 0.0758. The summed E-state index contributed by atoms with van der Waals surface area (Å²) in [5, 5.41) is 9.64. The van der Waals surface area contributed by atoms with Crippen molar-refractivity contribution in [3.8, 4) is 0 Å². The molecule has 0 unspecified atom stereocenters. The SMILES string of the molecule is Cc1cnccc1NS(=O)(=O)c1[nH]ncc1CNC(C)C. The minimum Gasteiger partial charge on any atom is -0.310 e. The van der Waals surface area contributed by atoms with Crippen molar-refractivity contribution < 1.29 is 8.42 Å². The molecule has 0 saturated carbocycles. The van der Waals surface area contributed by atoms with Gasteiger partial charge in [0, 0.05) is 30.5 Å². The lowest BCUT2D eigenvalue weighted by Crippen LogP contribution is -2.23. The average molecular weight is 309 g/mol. The molecule has 7 nitrogen and oxygen atoms in total. The van der Waals surface area contributed by atoms with Gasteiger partial charge in [-0.2, -0.15) is 13.5 Å². The van der Waals surface area contributed by atoms with Crippen LogP contribution in [0.5, 0.6) is 0 Å². The third-order valence-electron chi connectivity index (χ3n) is 2.91. The van der Waals surface area contributed by atoms with Crippen LogP contribution in [0, 0.1) is 6.92 Å². The Balaban J connectivity index is 2.24. The number of nitrogens with zero attached hydrogens (tertiary/aromatic N) is 2. The van der Waals surface area contributed by atoms with Crippen LogP contribution in [0.15, 0.2) is 29.7 Å². The van der Waals surface area contributed by atoms with Crippen LogP contribution in [0.25, 0.3) is 0 Å². The standard InChI is InChI=1S/C13H19N5O2S/c1-9(2)15-7-11-8-16-17-13(11)21(19,20)18-12-4-5-14-6-10(12)3/h4-6,8-9,15H,7H2,1-3H3,(H,14,18)(H,16,17). The molecule has 2 aromatic rings. The van der Waals surface area contributed by atoms with Gasteiger partial charge in [-0.1, -0.05) is 13.8 Å². The Hall–Kier alpha value is -1.93. The van der Waals surface area contributed by atoms with E-state index in [1.54, 1.807) is 25.4 Å². The highest BCUT2D eigenvalue weighted by molar-refractivity contribution is 7.92. The van der Waals surface area contributed by atoms with Crippen LogP contribution >= 0.6 is 0 Å². The van der Waals surface area contributed by atoms with Gasteiger partial charge in [-0.25, -0.2) is 0 Å². The molecule has 0 aliphatic heterocycles. The first-order valence-corrected chi connectivity index (χ1v) is 8.07. The molecular formula is C13H19N5O2S. The largest absolute Gasteiger partial charge is 0.310 e. The molecule has 2 aromatic heterocycles. The third kappa shape index (κ3) is 3.79. The van der Waals surface area contributed by atoms with Crippen LogP contribution in [0.2, 0.25) is 0 Å². The zero-order valence-electron chi connectivity index (χ0n) is 12.2. The van der Waals surface area contributed by atoms with Crippen LogP contribution in [-0.4, -0.2) is 29.6 Å². The fraction of sp³-hybridized carbons (Fsp3) is 0.385. The number of aromatic amines is 1. The second-order valence-electron chi connectivity index (χ2n) is 5.06. The van der Waals surface area contributed by atoms with Gasteiger partial charge in [0.1, 0.15) is 0 Å². The topological polar surface area (TPSA) is 99.8 Å². The van der Waals surface area contributed by atoms with Gasteiger partial charge in [-0.3, -0.25) is 14.8 Å². The molecule has 2 rings (SSSR count). The lowest BCUT2D eigenvalue weighted by molar-refractivity contribution is 0.574. The number of hydrogen-bond donors (Lipinski definition) is 3. The number of anilines is 1. The molecule has 2 heterocycles. The smallest absolute Gasteiger partial charge is 0.279 e. The van der Waals surface area contributed by atoms with E-state index in [2.05, 4.69) is 25.2 Å². The lowest BCUT2D eigenvalue weighted by Gasteiger charge is -2.11. The first-order chi connectivity index (χ1) is 9.90. The van der Waals surface area contributed by atoms with Crippen molar-refractivity contribution in [2.75, 3.05) is 4.72 Å². The highest BCUT2D eigenvalue weighted by Gasteiger charge is 2.21. The van der Waals surface area contributed by atoms with E-state index in [1.807, 2.05) is 13.8 Å². The molecule has 0 bridgehead atoms. The molecule has 0 amide bonds. The van der Waals surface area contributed by atoms with Gasteiger partial charge >= 0.3 is 0 Å². The Morgan fingerprint density at radius 3 is 2.76 bits per heavy atom. The second-order valence-corrected chi connectivity index (χ2v) is 6.68. The summed E-state index contributed by atoms with van der Waals surface area (Å²) in [6.45, 7) is 6.21. The molecule has 0 saturated heterocycles. The van der Waals surface area contributed by atoms with Gasteiger partial charge in [0.05, 0.1) is 11.9 Å². The van der Waals surface area contributed by atoms with Crippen molar-refractivity contribution >= 4 is 15.7 Å². The second kappa shape index (κ2) is 6.23. The summed E-state index contributed by atoms with van der Waals surface area (Å²) in [5.74, 6) is 0. The number of rotatable bonds is 6. The van der Waals surface area contributed by atoms with E-state index >= 15 is 0 Å². The molecule has 0 atom stereocenters. The molecule has 0 aliphatic carbocycles. The maximum atomic E-state index is 12.4. The molecular weight excluding hydrogens is 290 g/mol. The third-order valence-corrected chi connectivity index (χ3v) is 4.29. The molecule has 0 aromatic carbocycles. The van der Waals surface area contributed by atoms with Gasteiger partial charge in [0.2, 0.25) is 0 Å². The summed E-state index contributed by atoms with van der Waals surface area (Å²) in [7, 11) is -3.71. The van der Waals surface area contributed by atoms with Crippen molar-refractivity contribution in [3.05, 3.63) is 35.8 Å². The number of aromatic nitrogens is 3. The molecule has 0 radical (unpaired) electrons. The first kappa shape index (κ1) is 15.5. The van der Waals surface area contributed by atoms with Gasteiger partial charge in [-0.15, -0.1) is 0 Å². The van der Waals surface area contributed by atoms with Crippen LogP contribution in [0.4, 0.5) is 5.69 Å². The molecule has 114 valence electrons. The summed E-state index contributed by atoms with van der Waals surface area (Å²) in [4.78, 5) is 3.94. The molecule has 3 N–H and O–H groups in total. The van der Waals surface area contributed by atoms with Gasteiger partial charge in [0.15, 0.2) is 5.03 Å². The zero-order chi connectivity index (χ0) is 15.5. The van der Waals surface area contributed by atoms with Crippen molar-refractivity contribution in [1.29, 1.82) is 0 Å². The van der Waals surface area contributed by atoms with Crippen LogP contribution < -0.4 is 10.0 Å². The monoisotopic (exact) mass is 309 g/mol. The Labute approximate surface area is 124 Å². The summed E-state index contributed by atoms with van der Waals surface area (Å²) >= 11 is 0. The number of hydrogen-bond acceptors (Lipinski definition) is 5. The van der Waals surface area contributed by atoms with Crippen LogP contribution in [0.3, 0.4) is 0 Å². The molecule has 0 fully saturated rings. The van der Waals surface area contributed by atoms with Crippen molar-refractivity contribution in [1.82, 2.24) is 20.5 Å². The maximum Gasteiger partial charge on any atom is 0.279 e. The number of nitrogens with one attached hydrogen (secondary N) is 3. The lowest BCUT2D eigenvalue weighted by atomic mass is 10.3. The number of aryl methyl sites for hydroxylation is 1. The number of sulfonamides is 1. The summed E-state index contributed by atoms with van der Waals surface area (Å²) < 4.78 is 27.4. The van der Waals surface area contributed by atoms with Crippen molar-refractivity contribution in [3.63, 3.8) is 0 Å². The predicted octanol–water partition coefficient (Wildman–Crippen LogP) is 1.41. The van der Waals surface area contributed by atoms with Crippen LogP contribution in [-0.2, 0) is 16.6 Å². The molecule has 0 aliphatic rings. The Morgan fingerprint density at radius 1 is 1.33 bits per heavy atom. The first-order valence-electron chi connectivity index (χ1n) is 6.59. The quantitative estimate of drug-likeness (QED) is 0.749. The molecule has 21 heavy (non-hydrogen) atoms. The minimum atomic E-state index is -3.71. The van der Waals surface area contributed by atoms with Gasteiger partial charge < -0.3 is 5.32 Å². The predicted molar refractivity (Wildman–Crippen MR) is 80.3 cm³/mol. The van der Waals surface area contributed by atoms with Gasteiger partial charge in [0.25, 0.3) is 10.0 Å². The zero-order valence-corrected chi connectivity index (χ0v) is 13.0. The van der Waals surface area contributed by atoms with Gasteiger partial charge in [-0.05, 0) is 18.6 Å². The van der Waals surface area contributed by atoms with E-state index in [4.69, 9.17) is 0 Å². The normalized spacial score (nSPS) is 11.8. The van der Waals surface area contributed by atoms with E-state index in [0.29, 0.717) is 17.8 Å². The highest BCUT2D eigenvalue weighted by atomic mass is 32.2. The Bertz CT molecular complexity index is 709. The number of H-pyrrole nitrogens is 1. The number of pyridine rings is 1. The fourth-order valence-electron chi connectivity index (χ4n) is 1.76. The molecule has 8 heteroatoms. The van der Waals surface area contributed by atoms with Crippen molar-refractivity contribution in [2.24, 2.45) is 0 Å².